The lowest BCUT2D eigenvalue weighted by Crippen LogP contribution is -2.15. The van der Waals surface area contributed by atoms with E-state index in [0.717, 1.165) is 17.7 Å². The average molecular weight is 194 g/mol. The maximum atomic E-state index is 9.40. The molecule has 2 atom stereocenters. The second-order valence-corrected chi connectivity index (χ2v) is 3.73. The summed E-state index contributed by atoms with van der Waals surface area (Å²) in [5.74, 6) is 1.16. The summed E-state index contributed by atoms with van der Waals surface area (Å²) in [5, 5.41) is 9.40. The van der Waals surface area contributed by atoms with Crippen molar-refractivity contribution >= 4 is 0 Å². The van der Waals surface area contributed by atoms with Crippen molar-refractivity contribution in [2.24, 2.45) is 5.92 Å². The van der Waals surface area contributed by atoms with Gasteiger partial charge in [-0.1, -0.05) is 25.1 Å². The topological polar surface area (TPSA) is 29.5 Å². The van der Waals surface area contributed by atoms with Crippen molar-refractivity contribution in [3.8, 4) is 5.75 Å². The minimum atomic E-state index is -0.278. The fourth-order valence-corrected chi connectivity index (χ4v) is 1.39. The Morgan fingerprint density at radius 3 is 2.50 bits per heavy atom. The summed E-state index contributed by atoms with van der Waals surface area (Å²) in [6.07, 6.45) is 0.571. The van der Waals surface area contributed by atoms with Crippen LogP contribution in [0.4, 0.5) is 0 Å². The Bertz CT molecular complexity index is 281. The molecule has 0 saturated carbocycles. The van der Waals surface area contributed by atoms with Crippen LogP contribution >= 0.6 is 0 Å². The van der Waals surface area contributed by atoms with Crippen molar-refractivity contribution in [3.63, 3.8) is 0 Å². The van der Waals surface area contributed by atoms with Crippen LogP contribution in [0, 0.1) is 5.92 Å². The minimum absolute atomic E-state index is 0.256. The minimum Gasteiger partial charge on any atom is -0.496 e. The Hall–Kier alpha value is -1.02. The standard InChI is InChI=1S/C12H18O2/c1-9(10(2)13)8-11-6-4-5-7-12(11)14-3/h4-7,9-10,13H,8H2,1-3H3. The lowest BCUT2D eigenvalue weighted by molar-refractivity contribution is 0.135. The van der Waals surface area contributed by atoms with Crippen molar-refractivity contribution in [2.75, 3.05) is 7.11 Å². The second kappa shape index (κ2) is 5.01. The van der Waals surface area contributed by atoms with Gasteiger partial charge in [-0.15, -0.1) is 0 Å². The summed E-state index contributed by atoms with van der Waals surface area (Å²) in [6, 6.07) is 7.93. The van der Waals surface area contributed by atoms with Gasteiger partial charge in [0.2, 0.25) is 0 Å². The fraction of sp³-hybridized carbons (Fsp3) is 0.500. The molecular weight excluding hydrogens is 176 g/mol. The third kappa shape index (κ3) is 2.74. The van der Waals surface area contributed by atoms with Gasteiger partial charge in [0.15, 0.2) is 0 Å². The van der Waals surface area contributed by atoms with Gasteiger partial charge in [-0.25, -0.2) is 0 Å². The zero-order chi connectivity index (χ0) is 10.6. The smallest absolute Gasteiger partial charge is 0.122 e. The molecule has 1 aromatic rings. The molecule has 0 radical (unpaired) electrons. The van der Waals surface area contributed by atoms with Gasteiger partial charge in [-0.2, -0.15) is 0 Å². The van der Waals surface area contributed by atoms with Crippen molar-refractivity contribution in [2.45, 2.75) is 26.4 Å². The van der Waals surface area contributed by atoms with E-state index in [1.807, 2.05) is 38.1 Å². The molecule has 0 aliphatic heterocycles. The number of para-hydroxylation sites is 1. The van der Waals surface area contributed by atoms with Crippen molar-refractivity contribution in [1.29, 1.82) is 0 Å². The zero-order valence-electron chi connectivity index (χ0n) is 9.03. The molecule has 78 valence electrons. The zero-order valence-corrected chi connectivity index (χ0v) is 9.03. The van der Waals surface area contributed by atoms with Gasteiger partial charge >= 0.3 is 0 Å². The molecule has 0 bridgehead atoms. The van der Waals surface area contributed by atoms with E-state index < -0.39 is 0 Å². The Morgan fingerprint density at radius 2 is 1.93 bits per heavy atom. The maximum Gasteiger partial charge on any atom is 0.122 e. The molecule has 0 spiro atoms. The van der Waals surface area contributed by atoms with Crippen LogP contribution in [0.15, 0.2) is 24.3 Å². The van der Waals surface area contributed by atoms with E-state index in [1.54, 1.807) is 7.11 Å². The van der Waals surface area contributed by atoms with Gasteiger partial charge in [0.25, 0.3) is 0 Å². The highest BCUT2D eigenvalue weighted by Gasteiger charge is 2.11. The summed E-state index contributed by atoms with van der Waals surface area (Å²) in [5.41, 5.74) is 1.16. The van der Waals surface area contributed by atoms with E-state index in [0.29, 0.717) is 0 Å². The van der Waals surface area contributed by atoms with Crippen LogP contribution in [0.25, 0.3) is 0 Å². The lowest BCUT2D eigenvalue weighted by Gasteiger charge is -2.16. The summed E-state index contributed by atoms with van der Waals surface area (Å²) in [6.45, 7) is 3.86. The lowest BCUT2D eigenvalue weighted by atomic mass is 9.96. The van der Waals surface area contributed by atoms with Gasteiger partial charge in [0.1, 0.15) is 5.75 Å². The Kier molecular flexibility index (Phi) is 3.96. The van der Waals surface area contributed by atoms with E-state index >= 15 is 0 Å². The molecule has 0 saturated heterocycles. The summed E-state index contributed by atoms with van der Waals surface area (Å²) < 4.78 is 5.24. The normalized spacial score (nSPS) is 14.9. The van der Waals surface area contributed by atoms with Crippen LogP contribution < -0.4 is 4.74 Å². The molecule has 0 aliphatic carbocycles. The van der Waals surface area contributed by atoms with Crippen LogP contribution in [-0.4, -0.2) is 18.3 Å². The van der Waals surface area contributed by atoms with Gasteiger partial charge in [-0.3, -0.25) is 0 Å². The van der Waals surface area contributed by atoms with Gasteiger partial charge in [0.05, 0.1) is 13.2 Å². The van der Waals surface area contributed by atoms with E-state index in [2.05, 4.69) is 0 Å². The van der Waals surface area contributed by atoms with Gasteiger partial charge < -0.3 is 9.84 Å². The van der Waals surface area contributed by atoms with Crippen LogP contribution in [0.5, 0.6) is 5.75 Å². The predicted molar refractivity (Wildman–Crippen MR) is 57.5 cm³/mol. The Morgan fingerprint density at radius 1 is 1.29 bits per heavy atom. The highest BCUT2D eigenvalue weighted by atomic mass is 16.5. The number of benzene rings is 1. The largest absolute Gasteiger partial charge is 0.496 e. The fourth-order valence-electron chi connectivity index (χ4n) is 1.39. The van der Waals surface area contributed by atoms with Crippen LogP contribution in [0.2, 0.25) is 0 Å². The number of aliphatic hydroxyl groups is 1. The van der Waals surface area contributed by atoms with Crippen LogP contribution in [0.3, 0.4) is 0 Å². The molecule has 1 N–H and O–H groups in total. The monoisotopic (exact) mass is 194 g/mol. The molecule has 2 nitrogen and oxygen atoms in total. The molecule has 0 fully saturated rings. The second-order valence-electron chi connectivity index (χ2n) is 3.73. The van der Waals surface area contributed by atoms with Crippen molar-refractivity contribution < 1.29 is 9.84 Å². The quantitative estimate of drug-likeness (QED) is 0.796. The van der Waals surface area contributed by atoms with E-state index in [1.165, 1.54) is 0 Å². The van der Waals surface area contributed by atoms with Crippen LogP contribution in [0.1, 0.15) is 19.4 Å². The van der Waals surface area contributed by atoms with E-state index in [9.17, 15) is 5.11 Å². The highest BCUT2D eigenvalue weighted by molar-refractivity contribution is 5.33. The molecule has 0 amide bonds. The van der Waals surface area contributed by atoms with Crippen LogP contribution in [-0.2, 0) is 6.42 Å². The van der Waals surface area contributed by atoms with E-state index in [-0.39, 0.29) is 12.0 Å². The first-order chi connectivity index (χ1) is 6.65. The number of methoxy groups -OCH3 is 1. The maximum absolute atomic E-state index is 9.40. The van der Waals surface area contributed by atoms with E-state index in [4.69, 9.17) is 4.74 Å². The Labute approximate surface area is 85.5 Å². The predicted octanol–water partition coefficient (Wildman–Crippen LogP) is 2.25. The van der Waals surface area contributed by atoms with Gasteiger partial charge in [-0.05, 0) is 30.9 Å². The number of hydrogen-bond donors (Lipinski definition) is 1. The average Bonchev–Trinajstić information content (AvgIpc) is 2.18. The summed E-state index contributed by atoms with van der Waals surface area (Å²) >= 11 is 0. The first kappa shape index (κ1) is 11.1. The molecule has 0 aromatic heterocycles. The molecule has 14 heavy (non-hydrogen) atoms. The summed E-state index contributed by atoms with van der Waals surface area (Å²) in [7, 11) is 1.67. The molecule has 1 rings (SSSR count). The molecular formula is C12H18O2. The van der Waals surface area contributed by atoms with Gasteiger partial charge in [0, 0.05) is 0 Å². The first-order valence-corrected chi connectivity index (χ1v) is 4.95. The van der Waals surface area contributed by atoms with Crippen molar-refractivity contribution in [3.05, 3.63) is 29.8 Å². The molecule has 1 aromatic carbocycles. The number of rotatable bonds is 4. The highest BCUT2D eigenvalue weighted by Crippen LogP contribution is 2.21. The molecule has 2 unspecified atom stereocenters. The number of hydrogen-bond acceptors (Lipinski definition) is 2. The first-order valence-electron chi connectivity index (χ1n) is 4.95. The van der Waals surface area contributed by atoms with Crippen molar-refractivity contribution in [1.82, 2.24) is 0 Å². The molecule has 2 heteroatoms. The number of ether oxygens (including phenoxy) is 1. The molecule has 0 aliphatic rings. The Balaban J connectivity index is 2.75. The third-order valence-corrected chi connectivity index (χ3v) is 2.56. The SMILES string of the molecule is COc1ccccc1CC(C)C(C)O. The summed E-state index contributed by atoms with van der Waals surface area (Å²) in [4.78, 5) is 0. The third-order valence-electron chi connectivity index (χ3n) is 2.56. The molecule has 0 heterocycles. The number of aliphatic hydroxyl groups excluding tert-OH is 1.